The van der Waals surface area contributed by atoms with Gasteiger partial charge >= 0.3 is 6.18 Å². The Bertz CT molecular complexity index is 220. The van der Waals surface area contributed by atoms with Crippen molar-refractivity contribution in [2.45, 2.75) is 38.4 Å². The Morgan fingerprint density at radius 1 is 1.47 bits per heavy atom. The highest BCUT2D eigenvalue weighted by Crippen LogP contribution is 2.14. The van der Waals surface area contributed by atoms with E-state index in [2.05, 4.69) is 10.1 Å². The zero-order valence-corrected chi connectivity index (χ0v) is 9.85. The van der Waals surface area contributed by atoms with E-state index in [1.807, 2.05) is 6.92 Å². The average molecular weight is 256 g/mol. The summed E-state index contributed by atoms with van der Waals surface area (Å²) >= 11 is 0. The van der Waals surface area contributed by atoms with Gasteiger partial charge in [0.15, 0.2) is 0 Å². The maximum Gasteiger partial charge on any atom is 0.411 e. The molecular formula is C10H19F3N2O2. The summed E-state index contributed by atoms with van der Waals surface area (Å²) in [5.74, 6) is -0.308. The number of nitrogens with two attached hydrogens (primary N) is 1. The molecule has 4 nitrogen and oxygen atoms in total. The van der Waals surface area contributed by atoms with Gasteiger partial charge in [0.25, 0.3) is 0 Å². The molecular weight excluding hydrogens is 237 g/mol. The molecule has 0 fully saturated rings. The monoisotopic (exact) mass is 256 g/mol. The third-order valence-electron chi connectivity index (χ3n) is 1.90. The number of nitrogens with one attached hydrogen (secondary N) is 1. The summed E-state index contributed by atoms with van der Waals surface area (Å²) in [7, 11) is 0. The van der Waals surface area contributed by atoms with Gasteiger partial charge in [-0.25, -0.2) is 0 Å². The molecule has 17 heavy (non-hydrogen) atoms. The third kappa shape index (κ3) is 13.1. The first-order chi connectivity index (χ1) is 7.81. The van der Waals surface area contributed by atoms with E-state index in [9.17, 15) is 18.0 Å². The van der Waals surface area contributed by atoms with Gasteiger partial charge in [-0.1, -0.05) is 0 Å². The number of hydrogen-bond acceptors (Lipinski definition) is 3. The Labute approximate surface area is 98.7 Å². The van der Waals surface area contributed by atoms with Crippen LogP contribution >= 0.6 is 0 Å². The lowest BCUT2D eigenvalue weighted by Gasteiger charge is -2.08. The lowest BCUT2D eigenvalue weighted by molar-refractivity contribution is -0.174. The lowest BCUT2D eigenvalue weighted by atomic mass is 10.2. The first-order valence-corrected chi connectivity index (χ1v) is 5.48. The average Bonchev–Trinajstić information content (AvgIpc) is 2.18. The summed E-state index contributed by atoms with van der Waals surface area (Å²) < 4.78 is 39.3. The Morgan fingerprint density at radius 2 is 2.12 bits per heavy atom. The fraction of sp³-hybridized carbons (Fsp3) is 0.900. The van der Waals surface area contributed by atoms with Crippen LogP contribution in [0.4, 0.5) is 13.2 Å². The Balaban J connectivity index is 3.35. The number of carbonyl (C=O) groups excluding carboxylic acids is 1. The van der Waals surface area contributed by atoms with Crippen LogP contribution in [0, 0.1) is 0 Å². The van der Waals surface area contributed by atoms with E-state index in [4.69, 9.17) is 5.73 Å². The van der Waals surface area contributed by atoms with Crippen LogP contribution in [0.25, 0.3) is 0 Å². The van der Waals surface area contributed by atoms with E-state index in [0.717, 1.165) is 12.8 Å². The first kappa shape index (κ1) is 16.2. The van der Waals surface area contributed by atoms with E-state index in [-0.39, 0.29) is 25.0 Å². The molecule has 0 aliphatic rings. The Morgan fingerprint density at radius 3 is 2.65 bits per heavy atom. The van der Waals surface area contributed by atoms with Gasteiger partial charge in [0, 0.05) is 19.0 Å². The van der Waals surface area contributed by atoms with E-state index >= 15 is 0 Å². The van der Waals surface area contributed by atoms with Crippen LogP contribution in [-0.2, 0) is 9.53 Å². The Hall–Kier alpha value is -0.820. The maximum absolute atomic E-state index is 11.7. The van der Waals surface area contributed by atoms with Crippen LogP contribution in [0.2, 0.25) is 0 Å². The molecule has 0 spiro atoms. The molecule has 0 saturated heterocycles. The number of alkyl halides is 3. The predicted octanol–water partition coefficient (Wildman–Crippen LogP) is 1.20. The van der Waals surface area contributed by atoms with Crippen molar-refractivity contribution in [3.8, 4) is 0 Å². The van der Waals surface area contributed by atoms with Crippen molar-refractivity contribution in [2.24, 2.45) is 5.73 Å². The van der Waals surface area contributed by atoms with E-state index in [0.29, 0.717) is 6.54 Å². The van der Waals surface area contributed by atoms with Gasteiger partial charge in [-0.3, -0.25) is 4.79 Å². The minimum atomic E-state index is -4.34. The normalized spacial score (nSPS) is 13.5. The number of rotatable bonds is 8. The van der Waals surface area contributed by atoms with Crippen LogP contribution in [-0.4, -0.2) is 37.9 Å². The summed E-state index contributed by atoms with van der Waals surface area (Å²) in [4.78, 5) is 11.1. The molecule has 0 aliphatic carbocycles. The SMILES string of the molecule is CC(N)CCCNC(=O)CCOCC(F)(F)F. The zero-order chi connectivity index (χ0) is 13.3. The van der Waals surface area contributed by atoms with Crippen molar-refractivity contribution >= 4 is 5.91 Å². The Kier molecular flexibility index (Phi) is 7.90. The molecule has 0 radical (unpaired) electrons. The van der Waals surface area contributed by atoms with Gasteiger partial charge < -0.3 is 15.8 Å². The molecule has 1 amide bonds. The number of amides is 1. The molecule has 0 saturated carbocycles. The van der Waals surface area contributed by atoms with E-state index in [1.165, 1.54) is 0 Å². The predicted molar refractivity (Wildman–Crippen MR) is 57.4 cm³/mol. The van der Waals surface area contributed by atoms with Gasteiger partial charge in [-0.2, -0.15) is 13.2 Å². The summed E-state index contributed by atoms with van der Waals surface area (Å²) in [5.41, 5.74) is 5.51. The van der Waals surface area contributed by atoms with Crippen molar-refractivity contribution < 1.29 is 22.7 Å². The van der Waals surface area contributed by atoms with Crippen molar-refractivity contribution in [2.75, 3.05) is 19.8 Å². The fourth-order valence-electron chi connectivity index (χ4n) is 1.09. The van der Waals surface area contributed by atoms with Gasteiger partial charge in [0.2, 0.25) is 5.91 Å². The van der Waals surface area contributed by atoms with Gasteiger partial charge in [-0.05, 0) is 19.8 Å². The summed E-state index contributed by atoms with van der Waals surface area (Å²) in [6.07, 6.45) is -2.85. The molecule has 1 atom stereocenters. The minimum Gasteiger partial charge on any atom is -0.372 e. The first-order valence-electron chi connectivity index (χ1n) is 5.48. The fourth-order valence-corrected chi connectivity index (χ4v) is 1.09. The van der Waals surface area contributed by atoms with Crippen molar-refractivity contribution in [3.63, 3.8) is 0 Å². The smallest absolute Gasteiger partial charge is 0.372 e. The van der Waals surface area contributed by atoms with Crippen LogP contribution in [0.1, 0.15) is 26.2 Å². The second-order valence-electron chi connectivity index (χ2n) is 3.89. The summed E-state index contributed by atoms with van der Waals surface area (Å²) in [6, 6.07) is 0.0852. The van der Waals surface area contributed by atoms with E-state index in [1.54, 1.807) is 0 Å². The van der Waals surface area contributed by atoms with Crippen LogP contribution in [0.15, 0.2) is 0 Å². The number of halogens is 3. The highest BCUT2D eigenvalue weighted by atomic mass is 19.4. The quantitative estimate of drug-likeness (QED) is 0.641. The highest BCUT2D eigenvalue weighted by molar-refractivity contribution is 5.75. The second-order valence-corrected chi connectivity index (χ2v) is 3.89. The molecule has 0 aromatic rings. The molecule has 0 rings (SSSR count). The third-order valence-corrected chi connectivity index (χ3v) is 1.90. The molecule has 3 N–H and O–H groups in total. The highest BCUT2D eigenvalue weighted by Gasteiger charge is 2.27. The molecule has 102 valence electrons. The zero-order valence-electron chi connectivity index (χ0n) is 9.85. The molecule has 0 aliphatic heterocycles. The van der Waals surface area contributed by atoms with Crippen LogP contribution in [0.5, 0.6) is 0 Å². The van der Waals surface area contributed by atoms with Gasteiger partial charge in [0.05, 0.1) is 6.61 Å². The number of ether oxygens (including phenoxy) is 1. The maximum atomic E-state index is 11.7. The van der Waals surface area contributed by atoms with Crippen molar-refractivity contribution in [1.82, 2.24) is 5.32 Å². The number of carbonyl (C=O) groups is 1. The standard InChI is InChI=1S/C10H19F3N2O2/c1-8(14)3-2-5-15-9(16)4-6-17-7-10(11,12)13/h8H,2-7,14H2,1H3,(H,15,16). The lowest BCUT2D eigenvalue weighted by Crippen LogP contribution is -2.27. The van der Waals surface area contributed by atoms with Crippen molar-refractivity contribution in [3.05, 3.63) is 0 Å². The van der Waals surface area contributed by atoms with Gasteiger partial charge in [-0.15, -0.1) is 0 Å². The molecule has 0 heterocycles. The molecule has 0 aromatic carbocycles. The summed E-state index contributed by atoms with van der Waals surface area (Å²) in [5, 5.41) is 2.58. The number of hydrogen-bond donors (Lipinski definition) is 2. The molecule has 7 heteroatoms. The van der Waals surface area contributed by atoms with Crippen LogP contribution in [0.3, 0.4) is 0 Å². The molecule has 0 aromatic heterocycles. The second kappa shape index (κ2) is 8.30. The molecule has 1 unspecified atom stereocenters. The topological polar surface area (TPSA) is 64.3 Å². The van der Waals surface area contributed by atoms with Crippen molar-refractivity contribution in [1.29, 1.82) is 0 Å². The largest absolute Gasteiger partial charge is 0.411 e. The van der Waals surface area contributed by atoms with Gasteiger partial charge in [0.1, 0.15) is 6.61 Å². The molecule has 0 bridgehead atoms. The van der Waals surface area contributed by atoms with E-state index < -0.39 is 12.8 Å². The summed E-state index contributed by atoms with van der Waals surface area (Å²) in [6.45, 7) is 0.816. The minimum absolute atomic E-state index is 0.0613. The van der Waals surface area contributed by atoms with Crippen LogP contribution < -0.4 is 11.1 Å².